The summed E-state index contributed by atoms with van der Waals surface area (Å²) in [4.78, 5) is 0. The van der Waals surface area contributed by atoms with Gasteiger partial charge in [0.2, 0.25) is 0 Å². The Morgan fingerprint density at radius 1 is 0.625 bits per heavy atom. The first kappa shape index (κ1) is 30.5. The summed E-state index contributed by atoms with van der Waals surface area (Å²) in [6.45, 7) is 16.9. The standard InChI is InChI=1S/C30H50O2/c1-25(2)15-11-17-27(5)19-13-23-29(7,31)21-9-10-22-30(8,32)24-14-20-28(6)18-12-16-26(3)4/h13-14,23-28,31-32H,11-12,15-20H2,1-8H3/b23-13+,24-14+. The summed E-state index contributed by atoms with van der Waals surface area (Å²) >= 11 is 0. The normalized spacial score (nSPS) is 17.5. The minimum atomic E-state index is -1.21. The van der Waals surface area contributed by atoms with Gasteiger partial charge in [0.15, 0.2) is 0 Å². The molecule has 0 heterocycles. The average Bonchev–Trinajstić information content (AvgIpc) is 2.64. The lowest BCUT2D eigenvalue weighted by Crippen LogP contribution is -2.18. The summed E-state index contributed by atoms with van der Waals surface area (Å²) in [6.07, 6.45) is 16.9. The van der Waals surface area contributed by atoms with E-state index in [1.165, 1.54) is 38.5 Å². The molecule has 32 heavy (non-hydrogen) atoms. The van der Waals surface area contributed by atoms with Gasteiger partial charge < -0.3 is 10.2 Å². The van der Waals surface area contributed by atoms with Crippen LogP contribution >= 0.6 is 0 Å². The fourth-order valence-corrected chi connectivity index (χ4v) is 3.44. The third-order valence-electron chi connectivity index (χ3n) is 5.61. The number of hydrogen-bond donors (Lipinski definition) is 2. The van der Waals surface area contributed by atoms with E-state index in [1.807, 2.05) is 12.2 Å². The van der Waals surface area contributed by atoms with E-state index in [0.29, 0.717) is 11.8 Å². The van der Waals surface area contributed by atoms with Gasteiger partial charge in [-0.1, -0.05) is 104 Å². The molecule has 0 spiro atoms. The largest absolute Gasteiger partial charge is 0.374 e. The van der Waals surface area contributed by atoms with Crippen molar-refractivity contribution >= 4 is 0 Å². The predicted molar refractivity (Wildman–Crippen MR) is 140 cm³/mol. The maximum atomic E-state index is 10.4. The summed E-state index contributed by atoms with van der Waals surface area (Å²) in [5.41, 5.74) is -2.42. The van der Waals surface area contributed by atoms with Gasteiger partial charge in [-0.2, -0.15) is 0 Å². The smallest absolute Gasteiger partial charge is 0.142 e. The molecular weight excluding hydrogens is 392 g/mol. The summed E-state index contributed by atoms with van der Waals surface area (Å²) in [7, 11) is 0. The van der Waals surface area contributed by atoms with Gasteiger partial charge in [0.1, 0.15) is 11.2 Å². The first-order valence-corrected chi connectivity index (χ1v) is 12.7. The second-order valence-corrected chi connectivity index (χ2v) is 10.9. The monoisotopic (exact) mass is 442 g/mol. The van der Waals surface area contributed by atoms with E-state index in [4.69, 9.17) is 0 Å². The van der Waals surface area contributed by atoms with Crippen LogP contribution in [0.1, 0.15) is 107 Å². The van der Waals surface area contributed by atoms with Gasteiger partial charge in [-0.15, -0.1) is 0 Å². The molecule has 2 nitrogen and oxygen atoms in total. The molecule has 182 valence electrons. The van der Waals surface area contributed by atoms with Gasteiger partial charge in [0.25, 0.3) is 0 Å². The Morgan fingerprint density at radius 3 is 1.28 bits per heavy atom. The van der Waals surface area contributed by atoms with Gasteiger partial charge in [0, 0.05) is 0 Å². The maximum Gasteiger partial charge on any atom is 0.142 e. The third kappa shape index (κ3) is 19.2. The molecule has 0 aromatic rings. The summed E-state index contributed by atoms with van der Waals surface area (Å²) in [5, 5.41) is 20.8. The molecular formula is C30H50O2. The number of hydrogen-bond acceptors (Lipinski definition) is 2. The van der Waals surface area contributed by atoms with Crippen molar-refractivity contribution in [1.82, 2.24) is 0 Å². The van der Waals surface area contributed by atoms with Crippen LogP contribution < -0.4 is 0 Å². The Kier molecular flexibility index (Phi) is 15.4. The number of aliphatic hydroxyl groups is 2. The summed E-state index contributed by atoms with van der Waals surface area (Å²) in [5.74, 6) is 13.7. The fourth-order valence-electron chi connectivity index (χ4n) is 3.44. The molecule has 0 aromatic carbocycles. The highest BCUT2D eigenvalue weighted by Gasteiger charge is 2.13. The minimum Gasteiger partial charge on any atom is -0.374 e. The third-order valence-corrected chi connectivity index (χ3v) is 5.61. The Bertz CT molecular complexity index is 611. The van der Waals surface area contributed by atoms with Gasteiger partial charge in [-0.05, 0) is 74.4 Å². The molecule has 4 atom stereocenters. The van der Waals surface area contributed by atoms with E-state index in [-0.39, 0.29) is 0 Å². The number of allylic oxidation sites excluding steroid dienone is 2. The second-order valence-electron chi connectivity index (χ2n) is 10.9. The summed E-state index contributed by atoms with van der Waals surface area (Å²) in [6, 6.07) is 0. The first-order chi connectivity index (χ1) is 14.8. The molecule has 0 aliphatic carbocycles. The first-order valence-electron chi connectivity index (χ1n) is 12.7. The minimum absolute atomic E-state index is 0.605. The van der Waals surface area contributed by atoms with Crippen LogP contribution in [0.25, 0.3) is 0 Å². The molecule has 0 aliphatic heterocycles. The van der Waals surface area contributed by atoms with E-state index in [2.05, 4.69) is 65.2 Å². The van der Waals surface area contributed by atoms with Crippen LogP contribution in [0.4, 0.5) is 0 Å². The Morgan fingerprint density at radius 2 is 0.969 bits per heavy atom. The van der Waals surface area contributed by atoms with Crippen molar-refractivity contribution in [2.45, 2.75) is 118 Å². The SMILES string of the molecule is CC(C)CCCC(C)C/C=C/C(C)(O)C#CC#CC(C)(O)/C=C/CC(C)CCCC(C)C. The van der Waals surface area contributed by atoms with Crippen molar-refractivity contribution in [2.24, 2.45) is 23.7 Å². The Hall–Kier alpha value is -1.48. The predicted octanol–water partition coefficient (Wildman–Crippen LogP) is 7.31. The van der Waals surface area contributed by atoms with Crippen LogP contribution in [0.15, 0.2) is 24.3 Å². The zero-order chi connectivity index (χ0) is 24.6. The molecule has 0 rings (SSSR count). The topological polar surface area (TPSA) is 40.5 Å². The van der Waals surface area contributed by atoms with Crippen LogP contribution in [0.5, 0.6) is 0 Å². The highest BCUT2D eigenvalue weighted by atomic mass is 16.3. The van der Waals surface area contributed by atoms with E-state index in [9.17, 15) is 10.2 Å². The average molecular weight is 443 g/mol. The van der Waals surface area contributed by atoms with E-state index in [0.717, 1.165) is 24.7 Å². The maximum absolute atomic E-state index is 10.4. The van der Waals surface area contributed by atoms with Crippen molar-refractivity contribution < 1.29 is 10.2 Å². The van der Waals surface area contributed by atoms with Crippen molar-refractivity contribution in [2.75, 3.05) is 0 Å². The van der Waals surface area contributed by atoms with Gasteiger partial charge in [0.05, 0.1) is 0 Å². The van der Waals surface area contributed by atoms with Crippen LogP contribution in [-0.4, -0.2) is 21.4 Å². The molecule has 0 radical (unpaired) electrons. The molecule has 0 bridgehead atoms. The zero-order valence-corrected chi connectivity index (χ0v) is 22.2. The van der Waals surface area contributed by atoms with E-state index in [1.54, 1.807) is 26.0 Å². The molecule has 0 saturated heterocycles. The molecule has 0 amide bonds. The van der Waals surface area contributed by atoms with Crippen LogP contribution in [0.2, 0.25) is 0 Å². The molecule has 0 aliphatic rings. The Labute approximate surface area is 200 Å². The molecule has 0 fully saturated rings. The lowest BCUT2D eigenvalue weighted by Gasteiger charge is -2.13. The van der Waals surface area contributed by atoms with Gasteiger partial charge >= 0.3 is 0 Å². The van der Waals surface area contributed by atoms with E-state index >= 15 is 0 Å². The fraction of sp³-hybridized carbons (Fsp3) is 0.733. The van der Waals surface area contributed by atoms with Gasteiger partial charge in [-0.3, -0.25) is 0 Å². The Balaban J connectivity index is 4.52. The van der Waals surface area contributed by atoms with Crippen LogP contribution in [0, 0.1) is 47.4 Å². The van der Waals surface area contributed by atoms with Crippen LogP contribution in [-0.2, 0) is 0 Å². The molecule has 2 N–H and O–H groups in total. The van der Waals surface area contributed by atoms with Crippen LogP contribution in [0.3, 0.4) is 0 Å². The lowest BCUT2D eigenvalue weighted by molar-refractivity contribution is 0.173. The highest BCUT2D eigenvalue weighted by Crippen LogP contribution is 2.17. The molecule has 0 saturated carbocycles. The summed E-state index contributed by atoms with van der Waals surface area (Å²) < 4.78 is 0. The molecule has 0 aromatic heterocycles. The van der Waals surface area contributed by atoms with E-state index < -0.39 is 11.2 Å². The second kappa shape index (κ2) is 16.2. The molecule has 2 heteroatoms. The lowest BCUT2D eigenvalue weighted by atomic mass is 9.96. The van der Waals surface area contributed by atoms with Crippen molar-refractivity contribution in [3.63, 3.8) is 0 Å². The highest BCUT2D eigenvalue weighted by molar-refractivity contribution is 5.35. The van der Waals surface area contributed by atoms with Crippen molar-refractivity contribution in [3.8, 4) is 23.7 Å². The van der Waals surface area contributed by atoms with Gasteiger partial charge in [-0.25, -0.2) is 0 Å². The number of rotatable bonds is 14. The van der Waals surface area contributed by atoms with Crippen molar-refractivity contribution in [1.29, 1.82) is 0 Å². The molecule has 4 unspecified atom stereocenters. The quantitative estimate of drug-likeness (QED) is 0.219. The van der Waals surface area contributed by atoms with Crippen molar-refractivity contribution in [3.05, 3.63) is 24.3 Å². The zero-order valence-electron chi connectivity index (χ0n) is 22.2.